The van der Waals surface area contributed by atoms with Crippen LogP contribution >= 0.6 is 0 Å². The molecule has 0 saturated carbocycles. The Bertz CT molecular complexity index is 1030. The number of benzene rings is 3. The number of rotatable bonds is 2. The third kappa shape index (κ3) is 2.48. The van der Waals surface area contributed by atoms with E-state index in [-0.39, 0.29) is 0 Å². The maximum absolute atomic E-state index is 2.31. The van der Waals surface area contributed by atoms with Gasteiger partial charge in [0.25, 0.3) is 0 Å². The summed E-state index contributed by atoms with van der Waals surface area (Å²) in [6.07, 6.45) is 2.10. The number of hydrogen-bond acceptors (Lipinski definition) is 0. The number of fused-ring (bicyclic) bond motifs is 1. The Morgan fingerprint density at radius 3 is 2.38 bits per heavy atom. The normalized spacial score (nSPS) is 10.9. The molecule has 3 aromatic carbocycles. The van der Waals surface area contributed by atoms with Crippen molar-refractivity contribution in [2.45, 2.75) is 6.92 Å². The van der Waals surface area contributed by atoms with Crippen molar-refractivity contribution in [3.05, 3.63) is 90.6 Å². The van der Waals surface area contributed by atoms with Crippen LogP contribution in [-0.2, 0) is 7.05 Å². The van der Waals surface area contributed by atoms with Gasteiger partial charge in [-0.25, -0.2) is 4.57 Å². The molecule has 0 spiro atoms. The maximum Gasteiger partial charge on any atom is 0.212 e. The molecule has 1 nitrogen and oxygen atoms in total. The molecule has 0 aliphatic carbocycles. The summed E-state index contributed by atoms with van der Waals surface area (Å²) in [7, 11) is 2.10. The van der Waals surface area contributed by atoms with E-state index in [2.05, 4.69) is 104 Å². The first kappa shape index (κ1) is 14.6. The Labute approximate surface area is 142 Å². The molecule has 4 aromatic rings. The average molecular weight is 310 g/mol. The monoisotopic (exact) mass is 310 g/mol. The number of pyridine rings is 1. The molecule has 116 valence electrons. The summed E-state index contributed by atoms with van der Waals surface area (Å²) in [5, 5.41) is 2.58. The van der Waals surface area contributed by atoms with Crippen molar-refractivity contribution in [1.82, 2.24) is 0 Å². The summed E-state index contributed by atoms with van der Waals surface area (Å²) >= 11 is 0. The van der Waals surface area contributed by atoms with Gasteiger partial charge in [0.05, 0.1) is 0 Å². The summed E-state index contributed by atoms with van der Waals surface area (Å²) in [6.45, 7) is 2.18. The highest BCUT2D eigenvalue weighted by Crippen LogP contribution is 2.32. The van der Waals surface area contributed by atoms with E-state index in [0.29, 0.717) is 0 Å². The molecule has 1 aromatic heterocycles. The highest BCUT2D eigenvalue weighted by atomic mass is 14.9. The standard InChI is InChI=1S/C23H20N/c1-17-13-14-19(16-22(17)23-12-5-6-15-24(23)2)21-11-7-9-18-8-3-4-10-20(18)21/h3-16H,1-2H3/q+1. The second kappa shape index (κ2) is 5.93. The quantitative estimate of drug-likeness (QED) is 0.442. The number of hydrogen-bond donors (Lipinski definition) is 0. The molecule has 0 aliphatic rings. The van der Waals surface area contributed by atoms with Crippen LogP contribution < -0.4 is 4.57 Å². The van der Waals surface area contributed by atoms with Gasteiger partial charge in [0.2, 0.25) is 5.69 Å². The van der Waals surface area contributed by atoms with Crippen LogP contribution in [0.3, 0.4) is 0 Å². The van der Waals surface area contributed by atoms with Crippen LogP contribution in [0.1, 0.15) is 5.56 Å². The van der Waals surface area contributed by atoms with Crippen LogP contribution in [0, 0.1) is 6.92 Å². The van der Waals surface area contributed by atoms with Crippen molar-refractivity contribution < 1.29 is 4.57 Å². The minimum Gasteiger partial charge on any atom is -0.201 e. The molecule has 24 heavy (non-hydrogen) atoms. The Morgan fingerprint density at radius 1 is 0.708 bits per heavy atom. The Morgan fingerprint density at radius 2 is 1.50 bits per heavy atom. The molecule has 1 heterocycles. The van der Waals surface area contributed by atoms with Gasteiger partial charge >= 0.3 is 0 Å². The number of aromatic nitrogens is 1. The molecule has 0 radical (unpaired) electrons. The minimum atomic E-state index is 1.23. The second-order valence-electron chi connectivity index (χ2n) is 6.25. The van der Waals surface area contributed by atoms with Gasteiger partial charge in [-0.3, -0.25) is 0 Å². The summed E-state index contributed by atoms with van der Waals surface area (Å²) in [5.41, 5.74) is 6.35. The fraction of sp³-hybridized carbons (Fsp3) is 0.0870. The smallest absolute Gasteiger partial charge is 0.201 e. The Hall–Kier alpha value is -2.93. The first-order valence-electron chi connectivity index (χ1n) is 8.28. The predicted octanol–water partition coefficient (Wildman–Crippen LogP) is 5.31. The third-order valence-electron chi connectivity index (χ3n) is 4.67. The molecular formula is C23H20N+. The highest BCUT2D eigenvalue weighted by Gasteiger charge is 2.13. The highest BCUT2D eigenvalue weighted by molar-refractivity contribution is 5.97. The van der Waals surface area contributed by atoms with Crippen LogP contribution in [0.25, 0.3) is 33.2 Å². The van der Waals surface area contributed by atoms with E-state index in [1.165, 1.54) is 38.7 Å². The molecule has 0 N–H and O–H groups in total. The predicted molar refractivity (Wildman–Crippen MR) is 101 cm³/mol. The molecule has 0 atom stereocenters. The van der Waals surface area contributed by atoms with Gasteiger partial charge in [0.1, 0.15) is 7.05 Å². The molecule has 0 bridgehead atoms. The van der Waals surface area contributed by atoms with E-state index in [9.17, 15) is 0 Å². The molecular weight excluding hydrogens is 290 g/mol. The lowest BCUT2D eigenvalue weighted by atomic mass is 9.94. The van der Waals surface area contributed by atoms with Gasteiger partial charge in [-0.2, -0.15) is 0 Å². The van der Waals surface area contributed by atoms with E-state index in [1.807, 2.05) is 0 Å². The fourth-order valence-electron chi connectivity index (χ4n) is 3.35. The van der Waals surface area contributed by atoms with E-state index in [0.717, 1.165) is 0 Å². The van der Waals surface area contributed by atoms with Gasteiger partial charge in [0, 0.05) is 17.7 Å². The first-order valence-corrected chi connectivity index (χ1v) is 8.28. The molecule has 4 rings (SSSR count). The van der Waals surface area contributed by atoms with Gasteiger partial charge in [-0.15, -0.1) is 0 Å². The lowest BCUT2D eigenvalue weighted by Gasteiger charge is -2.10. The van der Waals surface area contributed by atoms with Crippen LogP contribution in [0.15, 0.2) is 85.1 Å². The van der Waals surface area contributed by atoms with Crippen molar-refractivity contribution in [3.8, 4) is 22.4 Å². The van der Waals surface area contributed by atoms with Crippen molar-refractivity contribution in [2.24, 2.45) is 7.05 Å². The van der Waals surface area contributed by atoms with Gasteiger partial charge < -0.3 is 0 Å². The van der Waals surface area contributed by atoms with Crippen molar-refractivity contribution in [1.29, 1.82) is 0 Å². The molecule has 0 saturated heterocycles. The molecule has 0 unspecified atom stereocenters. The van der Waals surface area contributed by atoms with E-state index < -0.39 is 0 Å². The zero-order valence-corrected chi connectivity index (χ0v) is 14.0. The zero-order chi connectivity index (χ0) is 16.5. The summed E-state index contributed by atoms with van der Waals surface area (Å²) in [6, 6.07) is 28.2. The van der Waals surface area contributed by atoms with E-state index in [1.54, 1.807) is 0 Å². The van der Waals surface area contributed by atoms with Crippen LogP contribution in [0.4, 0.5) is 0 Å². The summed E-state index contributed by atoms with van der Waals surface area (Å²) < 4.78 is 2.18. The number of nitrogens with zero attached hydrogens (tertiary/aromatic N) is 1. The topological polar surface area (TPSA) is 3.88 Å². The van der Waals surface area contributed by atoms with Crippen molar-refractivity contribution in [2.75, 3.05) is 0 Å². The first-order chi connectivity index (χ1) is 11.7. The Balaban J connectivity index is 1.94. The lowest BCUT2D eigenvalue weighted by Crippen LogP contribution is -2.30. The van der Waals surface area contributed by atoms with Crippen LogP contribution in [0.2, 0.25) is 0 Å². The van der Waals surface area contributed by atoms with Crippen LogP contribution in [-0.4, -0.2) is 0 Å². The van der Waals surface area contributed by atoms with Crippen LogP contribution in [0.5, 0.6) is 0 Å². The fourth-order valence-corrected chi connectivity index (χ4v) is 3.35. The maximum atomic E-state index is 2.31. The van der Waals surface area contributed by atoms with Crippen molar-refractivity contribution in [3.63, 3.8) is 0 Å². The molecule has 0 fully saturated rings. The minimum absolute atomic E-state index is 1.23. The third-order valence-corrected chi connectivity index (χ3v) is 4.67. The van der Waals surface area contributed by atoms with E-state index >= 15 is 0 Å². The van der Waals surface area contributed by atoms with Gasteiger partial charge in [-0.05, 0) is 46.5 Å². The lowest BCUT2D eigenvalue weighted by molar-refractivity contribution is -0.660. The Kier molecular flexibility index (Phi) is 3.62. The largest absolute Gasteiger partial charge is 0.212 e. The summed E-state index contributed by atoms with van der Waals surface area (Å²) in [5.74, 6) is 0. The van der Waals surface area contributed by atoms with E-state index in [4.69, 9.17) is 0 Å². The summed E-state index contributed by atoms with van der Waals surface area (Å²) in [4.78, 5) is 0. The van der Waals surface area contributed by atoms with Gasteiger partial charge in [-0.1, -0.05) is 54.6 Å². The molecule has 1 heteroatoms. The molecule has 0 aliphatic heterocycles. The van der Waals surface area contributed by atoms with Crippen molar-refractivity contribution >= 4 is 10.8 Å². The number of aryl methyl sites for hydroxylation is 2. The van der Waals surface area contributed by atoms with Gasteiger partial charge in [0.15, 0.2) is 6.20 Å². The average Bonchev–Trinajstić information content (AvgIpc) is 2.62. The SMILES string of the molecule is Cc1ccc(-c2cccc3ccccc23)cc1-c1cccc[n+]1C. The second-order valence-corrected chi connectivity index (χ2v) is 6.25. The zero-order valence-electron chi connectivity index (χ0n) is 14.0. The molecule has 0 amide bonds.